The molecule has 1 unspecified atom stereocenters. The summed E-state index contributed by atoms with van der Waals surface area (Å²) in [6, 6.07) is 1.10. The molecule has 30 heavy (non-hydrogen) atoms. The molecule has 0 radical (unpaired) electrons. The van der Waals surface area contributed by atoms with Gasteiger partial charge in [0.1, 0.15) is 5.82 Å². The van der Waals surface area contributed by atoms with Gasteiger partial charge in [0.2, 0.25) is 0 Å². The van der Waals surface area contributed by atoms with E-state index in [4.69, 9.17) is 4.74 Å². The van der Waals surface area contributed by atoms with Gasteiger partial charge in [0.15, 0.2) is 17.3 Å². The van der Waals surface area contributed by atoms with Crippen LogP contribution < -0.4 is 4.74 Å². The third kappa shape index (κ3) is 5.25. The maximum atomic E-state index is 13.0. The van der Waals surface area contributed by atoms with Gasteiger partial charge in [-0.25, -0.2) is 14.8 Å². The Hall–Kier alpha value is -2.72. The van der Waals surface area contributed by atoms with Crippen molar-refractivity contribution in [3.8, 4) is 11.6 Å². The van der Waals surface area contributed by atoms with Gasteiger partial charge in [0.05, 0.1) is 18.2 Å². The number of carbonyl (C=O) groups excluding carboxylic acids is 1. The van der Waals surface area contributed by atoms with Gasteiger partial charge in [-0.3, -0.25) is 4.57 Å². The van der Waals surface area contributed by atoms with Crippen LogP contribution in [0.2, 0.25) is 0 Å². The van der Waals surface area contributed by atoms with Gasteiger partial charge in [-0.05, 0) is 31.9 Å². The smallest absolute Gasteiger partial charge is 0.391 e. The zero-order valence-corrected chi connectivity index (χ0v) is 16.9. The number of imidazole rings is 1. The van der Waals surface area contributed by atoms with E-state index in [1.54, 1.807) is 13.8 Å². The molecule has 0 aromatic carbocycles. The number of halogens is 5. The molecule has 0 N–H and O–H groups in total. The van der Waals surface area contributed by atoms with Gasteiger partial charge in [-0.15, -0.1) is 0 Å². The van der Waals surface area contributed by atoms with Crippen molar-refractivity contribution in [2.24, 2.45) is 5.92 Å². The minimum Gasteiger partial charge on any atom is -0.461 e. The van der Waals surface area contributed by atoms with Crippen molar-refractivity contribution in [3.05, 3.63) is 35.0 Å². The Morgan fingerprint density at radius 3 is 2.47 bits per heavy atom. The maximum Gasteiger partial charge on any atom is 0.391 e. The largest absolute Gasteiger partial charge is 0.461 e. The molecule has 1 atom stereocenters. The number of aromatic nitrogens is 3. The van der Waals surface area contributed by atoms with Crippen molar-refractivity contribution >= 4 is 5.97 Å². The number of ether oxygens (including phenoxy) is 2. The Balaban J connectivity index is 2.56. The molecule has 0 saturated carbocycles. The van der Waals surface area contributed by atoms with Crippen LogP contribution in [-0.4, -0.2) is 39.9 Å². The molecule has 0 aliphatic carbocycles. The van der Waals surface area contributed by atoms with Crippen LogP contribution in [0.1, 0.15) is 48.3 Å². The first kappa shape index (κ1) is 23.6. The predicted molar refractivity (Wildman–Crippen MR) is 97.0 cm³/mol. The molecule has 0 aliphatic heterocycles. The van der Waals surface area contributed by atoms with Gasteiger partial charge in [-0.1, -0.05) is 13.8 Å². The zero-order chi connectivity index (χ0) is 22.6. The fourth-order valence-corrected chi connectivity index (χ4v) is 2.88. The van der Waals surface area contributed by atoms with E-state index in [-0.39, 0.29) is 29.4 Å². The lowest BCUT2D eigenvalue weighted by molar-refractivity contribution is -0.169. The summed E-state index contributed by atoms with van der Waals surface area (Å²) >= 11 is 0. The van der Waals surface area contributed by atoms with Crippen molar-refractivity contribution < 1.29 is 36.2 Å². The summed E-state index contributed by atoms with van der Waals surface area (Å²) < 4.78 is 75.4. The van der Waals surface area contributed by atoms with Crippen molar-refractivity contribution in [3.63, 3.8) is 0 Å². The maximum absolute atomic E-state index is 13.0. The third-order valence-electron chi connectivity index (χ3n) is 4.38. The normalized spacial score (nSPS) is 12.9. The average Bonchev–Trinajstić information content (AvgIpc) is 2.97. The van der Waals surface area contributed by atoms with E-state index in [2.05, 4.69) is 14.7 Å². The molecule has 2 aromatic rings. The molecular weight excluding hydrogens is 413 g/mol. The van der Waals surface area contributed by atoms with E-state index >= 15 is 0 Å². The Morgan fingerprint density at radius 2 is 1.93 bits per heavy atom. The second-order valence-electron chi connectivity index (χ2n) is 6.56. The highest BCUT2D eigenvalue weighted by Crippen LogP contribution is 2.32. The first-order chi connectivity index (χ1) is 14.0. The van der Waals surface area contributed by atoms with Crippen LogP contribution in [0.4, 0.5) is 22.0 Å². The molecule has 2 aromatic heterocycles. The Labute approximate surface area is 170 Å². The number of pyridine rings is 1. The van der Waals surface area contributed by atoms with Crippen LogP contribution in [0.15, 0.2) is 12.3 Å². The van der Waals surface area contributed by atoms with Crippen molar-refractivity contribution in [1.29, 1.82) is 0 Å². The summed E-state index contributed by atoms with van der Waals surface area (Å²) in [6.07, 6.45) is -3.40. The Bertz CT molecular complexity index is 896. The molecule has 0 aliphatic rings. The van der Waals surface area contributed by atoms with E-state index in [1.807, 2.05) is 0 Å². The minimum absolute atomic E-state index is 0.00623. The Morgan fingerprint density at radius 1 is 1.27 bits per heavy atom. The molecule has 2 rings (SSSR count). The van der Waals surface area contributed by atoms with Crippen molar-refractivity contribution in [1.82, 2.24) is 14.5 Å². The second-order valence-corrected chi connectivity index (χ2v) is 6.56. The highest BCUT2D eigenvalue weighted by molar-refractivity contribution is 5.88. The van der Waals surface area contributed by atoms with Crippen LogP contribution >= 0.6 is 0 Å². The number of hydrogen-bond donors (Lipinski definition) is 0. The molecule has 0 fully saturated rings. The molecule has 11 heteroatoms. The lowest BCUT2D eigenvalue weighted by Gasteiger charge is -2.18. The molecule has 0 saturated heterocycles. The third-order valence-corrected chi connectivity index (χ3v) is 4.38. The van der Waals surface area contributed by atoms with Gasteiger partial charge < -0.3 is 9.47 Å². The summed E-state index contributed by atoms with van der Waals surface area (Å²) in [5.41, 5.74) is 0.363. The molecule has 0 bridgehead atoms. The molecule has 166 valence electrons. The van der Waals surface area contributed by atoms with Crippen LogP contribution in [0, 0.1) is 12.8 Å². The summed E-state index contributed by atoms with van der Waals surface area (Å²) in [4.78, 5) is 20.4. The van der Waals surface area contributed by atoms with Crippen LogP contribution in [0.5, 0.6) is 5.75 Å². The van der Waals surface area contributed by atoms with Gasteiger partial charge in [0, 0.05) is 12.6 Å². The number of hydrogen-bond acceptors (Lipinski definition) is 5. The summed E-state index contributed by atoms with van der Waals surface area (Å²) in [5.74, 6) is -2.56. The second kappa shape index (κ2) is 9.40. The number of nitrogens with zero attached hydrogens (tertiary/aromatic N) is 3. The molecule has 0 spiro atoms. The fraction of sp³-hybridized carbons (Fsp3) is 0.526. The lowest BCUT2D eigenvalue weighted by Crippen LogP contribution is -2.22. The molecular formula is C19H22F5N3O3. The minimum atomic E-state index is -4.44. The number of esters is 1. The predicted octanol–water partition coefficient (Wildman–Crippen LogP) is 4.66. The number of rotatable bonds is 8. The van der Waals surface area contributed by atoms with E-state index in [0.29, 0.717) is 12.2 Å². The number of aryl methyl sites for hydroxylation is 1. The topological polar surface area (TPSA) is 66.2 Å². The molecule has 2 heterocycles. The molecule has 6 nitrogen and oxygen atoms in total. The highest BCUT2D eigenvalue weighted by Gasteiger charge is 2.36. The summed E-state index contributed by atoms with van der Waals surface area (Å²) in [6.45, 7) is 2.78. The van der Waals surface area contributed by atoms with Gasteiger partial charge in [-0.2, -0.15) is 22.0 Å². The number of carbonyl (C=O) groups is 1. The summed E-state index contributed by atoms with van der Waals surface area (Å²) in [7, 11) is 0. The van der Waals surface area contributed by atoms with Gasteiger partial charge in [0.25, 0.3) is 0 Å². The summed E-state index contributed by atoms with van der Waals surface area (Å²) in [5, 5.41) is 0. The van der Waals surface area contributed by atoms with Crippen LogP contribution in [0.25, 0.3) is 5.82 Å². The zero-order valence-electron chi connectivity index (χ0n) is 16.9. The van der Waals surface area contributed by atoms with Crippen LogP contribution in [0.3, 0.4) is 0 Å². The first-order valence-electron chi connectivity index (χ1n) is 9.25. The van der Waals surface area contributed by atoms with E-state index in [0.717, 1.165) is 13.0 Å². The van der Waals surface area contributed by atoms with E-state index in [1.165, 1.54) is 17.7 Å². The van der Waals surface area contributed by atoms with Crippen molar-refractivity contribution in [2.45, 2.75) is 53.3 Å². The quantitative estimate of drug-likeness (QED) is 0.446. The van der Waals surface area contributed by atoms with Crippen molar-refractivity contribution in [2.75, 3.05) is 6.61 Å². The first-order valence-corrected chi connectivity index (χ1v) is 9.25. The van der Waals surface area contributed by atoms with Gasteiger partial charge >= 0.3 is 18.8 Å². The lowest BCUT2D eigenvalue weighted by atomic mass is 10.0. The fourth-order valence-electron chi connectivity index (χ4n) is 2.88. The van der Waals surface area contributed by atoms with E-state index in [9.17, 15) is 26.7 Å². The highest BCUT2D eigenvalue weighted by atomic mass is 19.4. The van der Waals surface area contributed by atoms with E-state index < -0.39 is 36.8 Å². The van der Waals surface area contributed by atoms with Crippen LogP contribution in [-0.2, 0) is 17.6 Å². The number of alkyl halides is 5. The Kier molecular flexibility index (Phi) is 7.38. The average molecular weight is 435 g/mol. The SMILES string of the molecule is CCOC(=O)c1nc(CC)n(-c2ncc(CC(C)C(F)(F)F)cc2OC(F)F)c1C. The monoisotopic (exact) mass is 435 g/mol. The standard InChI is InChI=1S/C19H22F5N3O3/c1-5-14-26-15(17(28)29-6-2)11(4)27(14)16-13(30-18(20)21)8-12(9-25-16)7-10(3)19(22,23)24/h8-10,18H,5-7H2,1-4H3. The molecule has 0 amide bonds.